The van der Waals surface area contributed by atoms with Gasteiger partial charge in [0.1, 0.15) is 5.65 Å². The normalized spacial score (nSPS) is 14.0. The van der Waals surface area contributed by atoms with Gasteiger partial charge in [0, 0.05) is 50.8 Å². The van der Waals surface area contributed by atoms with Crippen LogP contribution in [0.1, 0.15) is 16.8 Å². The number of aromatic nitrogens is 3. The second-order valence-corrected chi connectivity index (χ2v) is 6.84. The lowest BCUT2D eigenvalue weighted by atomic mass is 9.98. The first-order valence-electron chi connectivity index (χ1n) is 9.03. The maximum absolute atomic E-state index is 4.72. The van der Waals surface area contributed by atoms with Crippen LogP contribution in [-0.4, -0.2) is 25.8 Å². The first kappa shape index (κ1) is 15.3. The van der Waals surface area contributed by atoms with Crippen LogP contribution < -0.4 is 0 Å². The lowest BCUT2D eigenvalue weighted by Crippen LogP contribution is -2.19. The van der Waals surface area contributed by atoms with Crippen LogP contribution in [0.2, 0.25) is 0 Å². The molecule has 5 rings (SSSR count). The molecule has 4 heterocycles. The topological polar surface area (TPSA) is 33.4 Å². The molecule has 0 fully saturated rings. The highest BCUT2D eigenvalue weighted by atomic mass is 15.1. The van der Waals surface area contributed by atoms with Gasteiger partial charge in [-0.1, -0.05) is 24.3 Å². The third-order valence-electron chi connectivity index (χ3n) is 5.14. The van der Waals surface area contributed by atoms with Gasteiger partial charge in [0.2, 0.25) is 0 Å². The fourth-order valence-electron chi connectivity index (χ4n) is 3.83. The standard InChI is InChI=1S/C22H20N4/c1-2-12-26-15-19(24-22(26)6-1)9-13-25-14-18-4-3-5-20(21(18)16-25)17-7-10-23-11-8-17/h1-8,10-12,15H,9,13-14,16H2. The molecule has 4 heteroatoms. The van der Waals surface area contributed by atoms with Crippen LogP contribution >= 0.6 is 0 Å². The molecule has 1 aliphatic heterocycles. The third kappa shape index (κ3) is 2.78. The first-order valence-corrected chi connectivity index (χ1v) is 9.03. The smallest absolute Gasteiger partial charge is 0.136 e. The molecule has 0 spiro atoms. The van der Waals surface area contributed by atoms with E-state index < -0.39 is 0 Å². The van der Waals surface area contributed by atoms with Crippen molar-refractivity contribution in [2.75, 3.05) is 6.54 Å². The van der Waals surface area contributed by atoms with Gasteiger partial charge in [0.25, 0.3) is 0 Å². The largest absolute Gasteiger partial charge is 0.307 e. The number of rotatable bonds is 4. The van der Waals surface area contributed by atoms with Gasteiger partial charge in [-0.05, 0) is 46.5 Å². The fourth-order valence-corrected chi connectivity index (χ4v) is 3.83. The van der Waals surface area contributed by atoms with Crippen LogP contribution in [0.3, 0.4) is 0 Å². The zero-order chi connectivity index (χ0) is 17.3. The van der Waals surface area contributed by atoms with Crippen LogP contribution in [0.4, 0.5) is 0 Å². The molecule has 0 unspecified atom stereocenters. The van der Waals surface area contributed by atoms with Crippen molar-refractivity contribution in [3.05, 3.63) is 90.1 Å². The van der Waals surface area contributed by atoms with E-state index in [1.165, 1.54) is 22.3 Å². The molecule has 26 heavy (non-hydrogen) atoms. The van der Waals surface area contributed by atoms with Crippen molar-refractivity contribution < 1.29 is 0 Å². The van der Waals surface area contributed by atoms with Crippen LogP contribution in [0, 0.1) is 0 Å². The van der Waals surface area contributed by atoms with Crippen molar-refractivity contribution in [3.8, 4) is 11.1 Å². The zero-order valence-electron chi connectivity index (χ0n) is 14.5. The third-order valence-corrected chi connectivity index (χ3v) is 5.14. The van der Waals surface area contributed by atoms with Crippen LogP contribution in [0.25, 0.3) is 16.8 Å². The molecule has 0 amide bonds. The Balaban J connectivity index is 1.33. The summed E-state index contributed by atoms with van der Waals surface area (Å²) in [5.41, 5.74) is 7.65. The summed E-state index contributed by atoms with van der Waals surface area (Å²) in [6, 6.07) is 16.9. The van der Waals surface area contributed by atoms with E-state index in [0.29, 0.717) is 0 Å². The molecule has 0 aliphatic carbocycles. The zero-order valence-corrected chi connectivity index (χ0v) is 14.5. The molecule has 0 saturated carbocycles. The van der Waals surface area contributed by atoms with Gasteiger partial charge in [-0.25, -0.2) is 4.98 Å². The highest BCUT2D eigenvalue weighted by Gasteiger charge is 2.21. The summed E-state index contributed by atoms with van der Waals surface area (Å²) >= 11 is 0. The van der Waals surface area contributed by atoms with Crippen molar-refractivity contribution in [2.24, 2.45) is 0 Å². The van der Waals surface area contributed by atoms with Crippen molar-refractivity contribution in [1.82, 2.24) is 19.3 Å². The van der Waals surface area contributed by atoms with Crippen LogP contribution in [0.5, 0.6) is 0 Å². The lowest BCUT2D eigenvalue weighted by molar-refractivity contribution is 0.287. The highest BCUT2D eigenvalue weighted by Crippen LogP contribution is 2.32. The molecule has 0 radical (unpaired) electrons. The molecule has 0 N–H and O–H groups in total. The Bertz CT molecular complexity index is 1020. The minimum Gasteiger partial charge on any atom is -0.307 e. The number of hydrogen-bond donors (Lipinski definition) is 0. The summed E-state index contributed by atoms with van der Waals surface area (Å²) in [6.45, 7) is 3.04. The van der Waals surface area contributed by atoms with Crippen molar-refractivity contribution in [2.45, 2.75) is 19.5 Å². The van der Waals surface area contributed by atoms with Crippen LogP contribution in [-0.2, 0) is 19.5 Å². The van der Waals surface area contributed by atoms with Crippen molar-refractivity contribution in [3.63, 3.8) is 0 Å². The lowest BCUT2D eigenvalue weighted by Gasteiger charge is -2.14. The Hall–Kier alpha value is -2.98. The minimum atomic E-state index is 0.972. The Morgan fingerprint density at radius 2 is 1.85 bits per heavy atom. The van der Waals surface area contributed by atoms with E-state index in [2.05, 4.69) is 63.1 Å². The molecule has 1 aliphatic rings. The molecule has 0 bridgehead atoms. The predicted octanol–water partition coefficient (Wildman–Crippen LogP) is 3.95. The minimum absolute atomic E-state index is 0.972. The highest BCUT2D eigenvalue weighted by molar-refractivity contribution is 5.69. The molecule has 0 saturated heterocycles. The summed E-state index contributed by atoms with van der Waals surface area (Å²) in [5, 5.41) is 0. The number of pyridine rings is 2. The molecule has 0 atom stereocenters. The van der Waals surface area contributed by atoms with E-state index in [4.69, 9.17) is 4.98 Å². The number of imidazole rings is 1. The Kier molecular flexibility index (Phi) is 3.76. The van der Waals surface area contributed by atoms with Gasteiger partial charge in [0.15, 0.2) is 0 Å². The second kappa shape index (κ2) is 6.39. The second-order valence-electron chi connectivity index (χ2n) is 6.84. The van der Waals surface area contributed by atoms with Gasteiger partial charge >= 0.3 is 0 Å². The SMILES string of the molecule is c1cc2c(c(-c3ccncc3)c1)CN(CCc1cn3ccccc3n1)C2. The summed E-state index contributed by atoms with van der Waals surface area (Å²) in [6.07, 6.45) is 8.90. The average Bonchev–Trinajstić information content (AvgIpc) is 3.30. The number of fused-ring (bicyclic) bond motifs is 2. The molecule has 1 aromatic carbocycles. The summed E-state index contributed by atoms with van der Waals surface area (Å²) in [5.74, 6) is 0. The molecule has 4 aromatic rings. The first-order chi connectivity index (χ1) is 12.9. The van der Waals surface area contributed by atoms with E-state index in [1.54, 1.807) is 0 Å². The summed E-state index contributed by atoms with van der Waals surface area (Å²) in [4.78, 5) is 11.4. The van der Waals surface area contributed by atoms with Crippen LogP contribution in [0.15, 0.2) is 73.3 Å². The molecule has 3 aromatic heterocycles. The molecular weight excluding hydrogens is 320 g/mol. The average molecular weight is 340 g/mol. The molecule has 4 nitrogen and oxygen atoms in total. The number of benzene rings is 1. The van der Waals surface area contributed by atoms with Gasteiger partial charge in [-0.2, -0.15) is 0 Å². The van der Waals surface area contributed by atoms with Crippen molar-refractivity contribution >= 4 is 5.65 Å². The van der Waals surface area contributed by atoms with E-state index >= 15 is 0 Å². The van der Waals surface area contributed by atoms with Gasteiger partial charge < -0.3 is 4.40 Å². The quantitative estimate of drug-likeness (QED) is 0.564. The van der Waals surface area contributed by atoms with E-state index in [1.807, 2.05) is 24.5 Å². The van der Waals surface area contributed by atoms with E-state index in [9.17, 15) is 0 Å². The van der Waals surface area contributed by atoms with Crippen molar-refractivity contribution in [1.29, 1.82) is 0 Å². The Labute approximate surface area is 152 Å². The van der Waals surface area contributed by atoms with Gasteiger partial charge in [-0.15, -0.1) is 0 Å². The Morgan fingerprint density at radius 1 is 0.923 bits per heavy atom. The summed E-state index contributed by atoms with van der Waals surface area (Å²) in [7, 11) is 0. The summed E-state index contributed by atoms with van der Waals surface area (Å²) < 4.78 is 2.09. The van der Waals surface area contributed by atoms with Gasteiger partial charge in [-0.3, -0.25) is 9.88 Å². The monoisotopic (exact) mass is 340 g/mol. The fraction of sp³-hybridized carbons (Fsp3) is 0.182. The number of hydrogen-bond acceptors (Lipinski definition) is 3. The van der Waals surface area contributed by atoms with E-state index in [-0.39, 0.29) is 0 Å². The maximum Gasteiger partial charge on any atom is 0.136 e. The predicted molar refractivity (Wildman–Crippen MR) is 103 cm³/mol. The van der Waals surface area contributed by atoms with Gasteiger partial charge in [0.05, 0.1) is 5.69 Å². The molecule has 128 valence electrons. The maximum atomic E-state index is 4.72. The molecular formula is C22H20N4. The number of nitrogens with zero attached hydrogens (tertiary/aromatic N) is 4. The Morgan fingerprint density at radius 3 is 2.73 bits per heavy atom. The van der Waals surface area contributed by atoms with E-state index in [0.717, 1.165) is 37.4 Å².